The van der Waals surface area contributed by atoms with Gasteiger partial charge in [-0.2, -0.15) is 0 Å². The van der Waals surface area contributed by atoms with Crippen LogP contribution in [0.4, 0.5) is 4.39 Å². The Morgan fingerprint density at radius 2 is 1.83 bits per heavy atom. The second-order valence-corrected chi connectivity index (χ2v) is 8.61. The first-order valence-corrected chi connectivity index (χ1v) is 11.7. The molecule has 2 heterocycles. The van der Waals surface area contributed by atoms with Gasteiger partial charge in [-0.1, -0.05) is 12.1 Å². The number of nitrogens with one attached hydrogen (secondary N) is 1. The van der Waals surface area contributed by atoms with Crippen molar-refractivity contribution in [2.75, 3.05) is 20.8 Å². The molecule has 2 aromatic heterocycles. The minimum absolute atomic E-state index is 0.0888. The number of ether oxygens (including phenoxy) is 3. The number of hydrogen-bond donors (Lipinski definition) is 2. The fraction of sp³-hybridized carbons (Fsp3) is 0.286. The number of halogens is 1. The molecule has 0 aliphatic heterocycles. The maximum absolute atomic E-state index is 14.2. The number of rotatable bonds is 10. The number of aromatic nitrogens is 2. The molecule has 2 N–H and O–H groups in total. The van der Waals surface area contributed by atoms with Crippen LogP contribution in [0.2, 0.25) is 0 Å². The minimum Gasteiger partial charge on any atom is -0.494 e. The molecule has 8 heteroatoms. The highest BCUT2D eigenvalue weighted by Gasteiger charge is 2.28. The number of ketones is 1. The second kappa shape index (κ2) is 10.4. The smallest absolute Gasteiger partial charge is 0.163 e. The van der Waals surface area contributed by atoms with Crippen molar-refractivity contribution < 1.29 is 28.5 Å². The van der Waals surface area contributed by atoms with Crippen LogP contribution in [0.5, 0.6) is 17.2 Å². The van der Waals surface area contributed by atoms with E-state index >= 15 is 0 Å². The van der Waals surface area contributed by atoms with Gasteiger partial charge in [-0.3, -0.25) is 4.79 Å². The van der Waals surface area contributed by atoms with Crippen LogP contribution in [-0.4, -0.2) is 41.7 Å². The van der Waals surface area contributed by atoms with Crippen molar-refractivity contribution in [3.8, 4) is 28.5 Å². The molecule has 0 aliphatic carbocycles. The molecule has 0 aliphatic rings. The molecule has 0 saturated heterocycles. The number of aromatic amines is 1. The number of benzene rings is 2. The lowest BCUT2D eigenvalue weighted by atomic mass is 9.92. The van der Waals surface area contributed by atoms with Crippen LogP contribution in [0.1, 0.15) is 42.7 Å². The summed E-state index contributed by atoms with van der Waals surface area (Å²) in [6.07, 6.45) is 1.90. The van der Waals surface area contributed by atoms with E-state index in [1.165, 1.54) is 20.3 Å². The third kappa shape index (κ3) is 4.90. The fourth-order valence-corrected chi connectivity index (χ4v) is 4.16. The molecule has 7 nitrogen and oxygen atoms in total. The minimum atomic E-state index is -1.40. The van der Waals surface area contributed by atoms with Gasteiger partial charge in [-0.05, 0) is 56.7 Å². The van der Waals surface area contributed by atoms with Gasteiger partial charge in [0.25, 0.3) is 0 Å². The quantitative estimate of drug-likeness (QED) is 0.278. The highest BCUT2D eigenvalue weighted by Crippen LogP contribution is 2.37. The molecule has 4 rings (SSSR count). The van der Waals surface area contributed by atoms with E-state index in [1.807, 2.05) is 6.92 Å². The zero-order valence-electron chi connectivity index (χ0n) is 20.7. The number of aliphatic hydroxyl groups is 1. The van der Waals surface area contributed by atoms with Crippen molar-refractivity contribution >= 4 is 16.7 Å². The van der Waals surface area contributed by atoms with Crippen molar-refractivity contribution in [2.45, 2.75) is 32.3 Å². The zero-order chi connectivity index (χ0) is 25.9. The van der Waals surface area contributed by atoms with Crippen molar-refractivity contribution in [2.24, 2.45) is 0 Å². The Hall–Kier alpha value is -3.91. The molecule has 1 unspecified atom stereocenters. The van der Waals surface area contributed by atoms with Gasteiger partial charge < -0.3 is 24.3 Å². The van der Waals surface area contributed by atoms with Gasteiger partial charge in [-0.25, -0.2) is 9.37 Å². The number of carbonyl (C=O) groups is 1. The normalized spacial score (nSPS) is 12.8. The summed E-state index contributed by atoms with van der Waals surface area (Å²) in [5.74, 6) is 1.02. The number of methoxy groups -OCH3 is 2. The summed E-state index contributed by atoms with van der Waals surface area (Å²) in [4.78, 5) is 20.5. The Morgan fingerprint density at radius 3 is 2.56 bits per heavy atom. The number of fused-ring (bicyclic) bond motifs is 1. The number of nitrogens with zero attached hydrogens (tertiary/aromatic N) is 1. The molecule has 1 atom stereocenters. The summed E-state index contributed by atoms with van der Waals surface area (Å²) >= 11 is 0. The Morgan fingerprint density at radius 1 is 1.08 bits per heavy atom. The monoisotopic (exact) mass is 492 g/mol. The number of pyridine rings is 1. The van der Waals surface area contributed by atoms with Gasteiger partial charge in [0, 0.05) is 29.1 Å². The molecular formula is C28H29FN2O5. The predicted octanol–water partition coefficient (Wildman–Crippen LogP) is 5.66. The summed E-state index contributed by atoms with van der Waals surface area (Å²) in [5.41, 5.74) is 0.927. The van der Waals surface area contributed by atoms with Crippen LogP contribution in [0, 0.1) is 5.82 Å². The van der Waals surface area contributed by atoms with Crippen molar-refractivity contribution in [1.29, 1.82) is 0 Å². The van der Waals surface area contributed by atoms with E-state index < -0.39 is 5.60 Å². The highest BCUT2D eigenvalue weighted by atomic mass is 19.1. The Kier molecular flexibility index (Phi) is 7.26. The van der Waals surface area contributed by atoms with E-state index in [0.29, 0.717) is 57.3 Å². The molecule has 36 heavy (non-hydrogen) atoms. The largest absolute Gasteiger partial charge is 0.494 e. The van der Waals surface area contributed by atoms with Crippen LogP contribution in [0.15, 0.2) is 54.7 Å². The Bertz CT molecular complexity index is 1400. The molecule has 0 saturated carbocycles. The van der Waals surface area contributed by atoms with E-state index in [4.69, 9.17) is 14.2 Å². The van der Waals surface area contributed by atoms with E-state index in [1.54, 1.807) is 55.6 Å². The second-order valence-electron chi connectivity index (χ2n) is 8.61. The molecule has 0 fully saturated rings. The number of hydrogen-bond acceptors (Lipinski definition) is 6. The molecule has 0 amide bonds. The lowest BCUT2D eigenvalue weighted by molar-refractivity contribution is 0.0397. The number of carbonyl (C=O) groups excluding carboxylic acids is 1. The maximum Gasteiger partial charge on any atom is 0.163 e. The van der Waals surface area contributed by atoms with Crippen LogP contribution in [0.25, 0.3) is 22.2 Å². The first-order chi connectivity index (χ1) is 17.3. The summed E-state index contributed by atoms with van der Waals surface area (Å²) in [6.45, 7) is 3.97. The third-order valence-electron chi connectivity index (χ3n) is 6.17. The van der Waals surface area contributed by atoms with Gasteiger partial charge in [0.2, 0.25) is 0 Å². The van der Waals surface area contributed by atoms with E-state index in [-0.39, 0.29) is 24.4 Å². The van der Waals surface area contributed by atoms with Crippen molar-refractivity contribution in [3.63, 3.8) is 0 Å². The van der Waals surface area contributed by atoms with E-state index in [2.05, 4.69) is 9.97 Å². The topological polar surface area (TPSA) is 93.7 Å². The van der Waals surface area contributed by atoms with Crippen molar-refractivity contribution in [3.05, 3.63) is 71.8 Å². The molecule has 0 radical (unpaired) electrons. The fourth-order valence-electron chi connectivity index (χ4n) is 4.16. The number of H-pyrrole nitrogens is 1. The Labute approximate surface area is 208 Å². The molecule has 188 valence electrons. The number of Topliss-reactive ketones (excluding diaryl/α,β-unsaturated/α-hetero) is 1. The summed E-state index contributed by atoms with van der Waals surface area (Å²) in [7, 11) is 3.05. The SMILES string of the molecule is CCOc1ccc(C(=O)CCC(C)(O)c2ccc(OC)c(-c3c[nH]c4c(F)cccc34)n2)cc1OC. The third-order valence-corrected chi connectivity index (χ3v) is 6.17. The highest BCUT2D eigenvalue weighted by molar-refractivity contribution is 5.97. The molecule has 0 bridgehead atoms. The predicted molar refractivity (Wildman–Crippen MR) is 135 cm³/mol. The van der Waals surface area contributed by atoms with Crippen LogP contribution in [0.3, 0.4) is 0 Å². The molecule has 4 aromatic rings. The lowest BCUT2D eigenvalue weighted by Gasteiger charge is -2.23. The maximum atomic E-state index is 14.2. The first-order valence-electron chi connectivity index (χ1n) is 11.7. The molecular weight excluding hydrogens is 463 g/mol. The van der Waals surface area contributed by atoms with Gasteiger partial charge >= 0.3 is 0 Å². The van der Waals surface area contributed by atoms with Crippen LogP contribution < -0.4 is 14.2 Å². The van der Waals surface area contributed by atoms with Gasteiger partial charge in [0.05, 0.1) is 32.0 Å². The van der Waals surface area contributed by atoms with Crippen molar-refractivity contribution in [1.82, 2.24) is 9.97 Å². The van der Waals surface area contributed by atoms with Crippen LogP contribution in [-0.2, 0) is 5.60 Å². The van der Waals surface area contributed by atoms with Crippen LogP contribution >= 0.6 is 0 Å². The average molecular weight is 493 g/mol. The summed E-state index contributed by atoms with van der Waals surface area (Å²) in [6, 6.07) is 13.2. The van der Waals surface area contributed by atoms with E-state index in [9.17, 15) is 14.3 Å². The van der Waals surface area contributed by atoms with Gasteiger partial charge in [0.15, 0.2) is 17.3 Å². The zero-order valence-corrected chi connectivity index (χ0v) is 20.7. The average Bonchev–Trinajstić information content (AvgIpc) is 3.32. The summed E-state index contributed by atoms with van der Waals surface area (Å²) < 4.78 is 30.6. The van der Waals surface area contributed by atoms with E-state index in [0.717, 1.165) is 0 Å². The number of para-hydroxylation sites is 1. The first kappa shape index (κ1) is 25.2. The summed E-state index contributed by atoms with van der Waals surface area (Å²) in [5, 5.41) is 11.9. The van der Waals surface area contributed by atoms with Gasteiger partial charge in [-0.15, -0.1) is 0 Å². The lowest BCUT2D eigenvalue weighted by Crippen LogP contribution is -2.24. The van der Waals surface area contributed by atoms with Gasteiger partial charge in [0.1, 0.15) is 22.9 Å². The Balaban J connectivity index is 1.59. The molecule has 2 aromatic carbocycles. The molecule has 0 spiro atoms. The standard InChI is InChI=1S/C28H29FN2O5/c1-5-36-22-10-9-17(15-24(22)35-4)21(32)13-14-28(2,33)25-12-11-23(34-3)27(31-25)19-16-30-26-18(19)7-6-8-20(26)29/h6-12,15-16,30,33H,5,13-14H2,1-4H3.